The number of rotatable bonds is 3. The average molecular weight is 257 g/mol. The zero-order valence-electron chi connectivity index (χ0n) is 10.7. The first-order valence-electron chi connectivity index (χ1n) is 6.16. The van der Waals surface area contributed by atoms with Crippen LogP contribution in [0.4, 0.5) is 11.4 Å². The normalized spacial score (nSPS) is 12.9. The molecule has 0 fully saturated rings. The van der Waals surface area contributed by atoms with Crippen LogP contribution in [-0.4, -0.2) is 20.3 Å². The minimum atomic E-state index is 0.578. The van der Waals surface area contributed by atoms with Crippen LogP contribution in [0.2, 0.25) is 0 Å². The van der Waals surface area contributed by atoms with Crippen molar-refractivity contribution in [3.8, 4) is 17.2 Å². The predicted molar refractivity (Wildman–Crippen MR) is 73.7 cm³/mol. The maximum atomic E-state index is 5.66. The molecule has 2 aromatic rings. The Balaban J connectivity index is 1.86. The monoisotopic (exact) mass is 257 g/mol. The van der Waals surface area contributed by atoms with Crippen LogP contribution < -0.4 is 19.5 Å². The molecule has 0 unspecified atom stereocenters. The van der Waals surface area contributed by atoms with Gasteiger partial charge in [0, 0.05) is 5.69 Å². The van der Waals surface area contributed by atoms with E-state index in [0.29, 0.717) is 13.2 Å². The fraction of sp³-hybridized carbons (Fsp3) is 0.200. The summed E-state index contributed by atoms with van der Waals surface area (Å²) in [5, 5.41) is 3.32. The fourth-order valence-electron chi connectivity index (χ4n) is 2.00. The zero-order valence-corrected chi connectivity index (χ0v) is 10.7. The van der Waals surface area contributed by atoms with Gasteiger partial charge in [-0.25, -0.2) is 0 Å². The Morgan fingerprint density at radius 3 is 2.58 bits per heavy atom. The SMILES string of the molecule is COc1ccc(Nc2cccc3c2OCCO3)cc1. The number of nitrogens with one attached hydrogen (secondary N) is 1. The molecule has 4 nitrogen and oxygen atoms in total. The molecule has 0 saturated heterocycles. The molecule has 0 spiro atoms. The van der Waals surface area contributed by atoms with Crippen LogP contribution in [0, 0.1) is 0 Å². The first-order chi connectivity index (χ1) is 9.36. The van der Waals surface area contributed by atoms with Gasteiger partial charge in [0.2, 0.25) is 0 Å². The van der Waals surface area contributed by atoms with E-state index in [2.05, 4.69) is 5.32 Å². The van der Waals surface area contributed by atoms with Gasteiger partial charge < -0.3 is 19.5 Å². The molecule has 3 rings (SSSR count). The van der Waals surface area contributed by atoms with E-state index in [1.165, 1.54) is 0 Å². The Morgan fingerprint density at radius 1 is 1.00 bits per heavy atom. The molecule has 98 valence electrons. The van der Waals surface area contributed by atoms with E-state index < -0.39 is 0 Å². The Hall–Kier alpha value is -2.36. The summed E-state index contributed by atoms with van der Waals surface area (Å²) in [6.07, 6.45) is 0. The molecule has 0 saturated carbocycles. The Morgan fingerprint density at radius 2 is 1.79 bits per heavy atom. The number of methoxy groups -OCH3 is 1. The van der Waals surface area contributed by atoms with E-state index >= 15 is 0 Å². The van der Waals surface area contributed by atoms with E-state index in [-0.39, 0.29) is 0 Å². The van der Waals surface area contributed by atoms with Crippen molar-refractivity contribution in [1.82, 2.24) is 0 Å². The molecule has 0 radical (unpaired) electrons. The van der Waals surface area contributed by atoms with Gasteiger partial charge in [-0.05, 0) is 36.4 Å². The van der Waals surface area contributed by atoms with Crippen LogP contribution in [0.5, 0.6) is 17.2 Å². The number of fused-ring (bicyclic) bond motifs is 1. The molecule has 1 heterocycles. The van der Waals surface area contributed by atoms with Crippen LogP contribution in [0.15, 0.2) is 42.5 Å². The zero-order chi connectivity index (χ0) is 13.1. The lowest BCUT2D eigenvalue weighted by molar-refractivity contribution is 0.172. The summed E-state index contributed by atoms with van der Waals surface area (Å²) in [4.78, 5) is 0. The van der Waals surface area contributed by atoms with Crippen LogP contribution in [0.1, 0.15) is 0 Å². The molecular weight excluding hydrogens is 242 g/mol. The van der Waals surface area contributed by atoms with Crippen LogP contribution in [-0.2, 0) is 0 Å². The summed E-state index contributed by atoms with van der Waals surface area (Å²) in [7, 11) is 1.65. The highest BCUT2D eigenvalue weighted by Crippen LogP contribution is 2.38. The van der Waals surface area contributed by atoms with Crippen molar-refractivity contribution >= 4 is 11.4 Å². The first-order valence-corrected chi connectivity index (χ1v) is 6.16. The van der Waals surface area contributed by atoms with Crippen molar-refractivity contribution in [2.45, 2.75) is 0 Å². The number of para-hydroxylation sites is 1. The fourth-order valence-corrected chi connectivity index (χ4v) is 2.00. The second-order valence-corrected chi connectivity index (χ2v) is 4.18. The van der Waals surface area contributed by atoms with E-state index in [4.69, 9.17) is 14.2 Å². The maximum Gasteiger partial charge on any atom is 0.184 e. The highest BCUT2D eigenvalue weighted by molar-refractivity contribution is 5.70. The quantitative estimate of drug-likeness (QED) is 0.916. The van der Waals surface area contributed by atoms with Gasteiger partial charge in [0.25, 0.3) is 0 Å². The summed E-state index contributed by atoms with van der Waals surface area (Å²) >= 11 is 0. The molecule has 0 aliphatic carbocycles. The second kappa shape index (κ2) is 5.10. The topological polar surface area (TPSA) is 39.7 Å². The number of hydrogen-bond donors (Lipinski definition) is 1. The van der Waals surface area contributed by atoms with Crippen molar-refractivity contribution in [3.63, 3.8) is 0 Å². The lowest BCUT2D eigenvalue weighted by atomic mass is 10.2. The Kier molecular flexibility index (Phi) is 3.14. The highest BCUT2D eigenvalue weighted by atomic mass is 16.6. The molecule has 19 heavy (non-hydrogen) atoms. The summed E-state index contributed by atoms with van der Waals surface area (Å²) in [5.74, 6) is 2.38. The van der Waals surface area contributed by atoms with E-state index in [1.807, 2.05) is 42.5 Å². The molecule has 2 aromatic carbocycles. The number of benzene rings is 2. The van der Waals surface area contributed by atoms with Gasteiger partial charge in [0.05, 0.1) is 12.8 Å². The molecule has 0 aromatic heterocycles. The smallest absolute Gasteiger partial charge is 0.184 e. The second-order valence-electron chi connectivity index (χ2n) is 4.18. The van der Waals surface area contributed by atoms with Crippen molar-refractivity contribution in [2.24, 2.45) is 0 Å². The number of anilines is 2. The van der Waals surface area contributed by atoms with Crippen molar-refractivity contribution < 1.29 is 14.2 Å². The van der Waals surface area contributed by atoms with E-state index in [1.54, 1.807) is 7.11 Å². The summed E-state index contributed by atoms with van der Waals surface area (Å²) in [5.41, 5.74) is 1.88. The van der Waals surface area contributed by atoms with Crippen LogP contribution in [0.25, 0.3) is 0 Å². The molecular formula is C15H15NO3. The minimum absolute atomic E-state index is 0.578. The third kappa shape index (κ3) is 2.42. The highest BCUT2D eigenvalue weighted by Gasteiger charge is 2.15. The average Bonchev–Trinajstić information content (AvgIpc) is 2.48. The molecule has 1 N–H and O–H groups in total. The van der Waals surface area contributed by atoms with Gasteiger partial charge in [-0.15, -0.1) is 0 Å². The third-order valence-electron chi connectivity index (χ3n) is 2.94. The maximum absolute atomic E-state index is 5.66. The lowest BCUT2D eigenvalue weighted by Gasteiger charge is -2.21. The first kappa shape index (κ1) is 11.7. The van der Waals surface area contributed by atoms with Crippen LogP contribution >= 0.6 is 0 Å². The molecule has 4 heteroatoms. The van der Waals surface area contributed by atoms with Crippen LogP contribution in [0.3, 0.4) is 0 Å². The Bertz CT molecular complexity index is 566. The number of hydrogen-bond acceptors (Lipinski definition) is 4. The van der Waals surface area contributed by atoms with E-state index in [9.17, 15) is 0 Å². The summed E-state index contributed by atoms with van der Waals surface area (Å²) in [6, 6.07) is 13.6. The third-order valence-corrected chi connectivity index (χ3v) is 2.94. The minimum Gasteiger partial charge on any atom is -0.497 e. The van der Waals surface area contributed by atoms with Gasteiger partial charge >= 0.3 is 0 Å². The molecule has 0 atom stereocenters. The lowest BCUT2D eigenvalue weighted by Crippen LogP contribution is -2.16. The van der Waals surface area contributed by atoms with E-state index in [0.717, 1.165) is 28.6 Å². The van der Waals surface area contributed by atoms with Gasteiger partial charge in [0.15, 0.2) is 11.5 Å². The van der Waals surface area contributed by atoms with Gasteiger partial charge in [-0.3, -0.25) is 0 Å². The molecule has 0 amide bonds. The predicted octanol–water partition coefficient (Wildman–Crippen LogP) is 3.21. The molecule has 0 bridgehead atoms. The Labute approximate surface area is 111 Å². The van der Waals surface area contributed by atoms with Gasteiger partial charge in [0.1, 0.15) is 19.0 Å². The van der Waals surface area contributed by atoms with Crippen molar-refractivity contribution in [2.75, 3.05) is 25.6 Å². The summed E-state index contributed by atoms with van der Waals surface area (Å²) < 4.78 is 16.4. The van der Waals surface area contributed by atoms with Gasteiger partial charge in [-0.1, -0.05) is 6.07 Å². The summed E-state index contributed by atoms with van der Waals surface area (Å²) in [6.45, 7) is 1.17. The number of ether oxygens (including phenoxy) is 3. The molecule has 1 aliphatic heterocycles. The van der Waals surface area contributed by atoms with Crippen molar-refractivity contribution in [3.05, 3.63) is 42.5 Å². The van der Waals surface area contributed by atoms with Crippen molar-refractivity contribution in [1.29, 1.82) is 0 Å². The van der Waals surface area contributed by atoms with Gasteiger partial charge in [-0.2, -0.15) is 0 Å². The molecule has 1 aliphatic rings. The standard InChI is InChI=1S/C15H15NO3/c1-17-12-7-5-11(6-8-12)16-13-3-2-4-14-15(13)19-10-9-18-14/h2-8,16H,9-10H2,1H3. The largest absolute Gasteiger partial charge is 0.497 e.